The van der Waals surface area contributed by atoms with Crippen LogP contribution in [0.25, 0.3) is 0 Å². The molecular weight excluding hydrogens is 160 g/mol. The molecule has 0 aromatic heterocycles. The molecule has 0 N–H and O–H groups in total. The number of piperidine rings is 1. The average molecular weight is 178 g/mol. The molecule has 0 radical (unpaired) electrons. The Bertz CT molecular complexity index is 218. The topological polar surface area (TPSA) is 15.6 Å². The van der Waals surface area contributed by atoms with Crippen LogP contribution in [0.2, 0.25) is 0 Å². The second-order valence-electron chi connectivity index (χ2n) is 3.54. The van der Waals surface area contributed by atoms with Crippen molar-refractivity contribution in [2.75, 3.05) is 20.1 Å². The molecule has 0 aromatic rings. The van der Waals surface area contributed by atoms with E-state index in [2.05, 4.69) is 30.1 Å². The first-order chi connectivity index (χ1) is 6.27. The summed E-state index contributed by atoms with van der Waals surface area (Å²) in [6.07, 6.45) is 5.94. The Morgan fingerprint density at radius 1 is 1.54 bits per heavy atom. The highest BCUT2D eigenvalue weighted by Crippen LogP contribution is 2.17. The van der Waals surface area contributed by atoms with Crippen LogP contribution in [0.5, 0.6) is 0 Å². The van der Waals surface area contributed by atoms with Gasteiger partial charge in [0.1, 0.15) is 0 Å². The molecule has 2 heteroatoms. The first-order valence-corrected chi connectivity index (χ1v) is 4.77. The van der Waals surface area contributed by atoms with E-state index in [1.165, 1.54) is 19.4 Å². The fourth-order valence-corrected chi connectivity index (χ4v) is 1.84. The van der Waals surface area contributed by atoms with Gasteiger partial charge in [0.05, 0.1) is 0 Å². The Labute approximate surface area is 80.7 Å². The SMILES string of the molecule is C=CN=C(C=C)C1CCCN(C)C1. The first-order valence-electron chi connectivity index (χ1n) is 4.77. The van der Waals surface area contributed by atoms with Gasteiger partial charge in [0.15, 0.2) is 0 Å². The molecular formula is C11H18N2. The lowest BCUT2D eigenvalue weighted by atomic mass is 9.93. The fourth-order valence-electron chi connectivity index (χ4n) is 1.84. The van der Waals surface area contributed by atoms with Gasteiger partial charge in [-0.25, -0.2) is 0 Å². The van der Waals surface area contributed by atoms with E-state index < -0.39 is 0 Å². The molecule has 1 fully saturated rings. The molecule has 72 valence electrons. The van der Waals surface area contributed by atoms with Crippen LogP contribution in [0.15, 0.2) is 30.4 Å². The molecule has 1 aliphatic rings. The highest BCUT2D eigenvalue weighted by atomic mass is 15.1. The number of allylic oxidation sites excluding steroid dienone is 1. The molecule has 1 heterocycles. The van der Waals surface area contributed by atoms with Gasteiger partial charge in [-0.2, -0.15) is 0 Å². The second kappa shape index (κ2) is 4.97. The van der Waals surface area contributed by atoms with Crippen LogP contribution in [-0.4, -0.2) is 30.7 Å². The van der Waals surface area contributed by atoms with Crippen LogP contribution < -0.4 is 0 Å². The molecule has 0 aromatic carbocycles. The lowest BCUT2D eigenvalue weighted by Gasteiger charge is -2.29. The molecule has 1 rings (SSSR count). The van der Waals surface area contributed by atoms with E-state index in [1.807, 2.05) is 6.08 Å². The van der Waals surface area contributed by atoms with Crippen LogP contribution in [0, 0.1) is 5.92 Å². The minimum Gasteiger partial charge on any atom is -0.306 e. The van der Waals surface area contributed by atoms with Gasteiger partial charge in [-0.1, -0.05) is 13.2 Å². The number of rotatable bonds is 3. The lowest BCUT2D eigenvalue weighted by molar-refractivity contribution is 0.247. The van der Waals surface area contributed by atoms with E-state index in [9.17, 15) is 0 Å². The Morgan fingerprint density at radius 2 is 2.31 bits per heavy atom. The number of hydrogen-bond acceptors (Lipinski definition) is 2. The predicted octanol–water partition coefficient (Wildman–Crippen LogP) is 2.10. The van der Waals surface area contributed by atoms with Crippen LogP contribution in [0.1, 0.15) is 12.8 Å². The number of likely N-dealkylation sites (tertiary alicyclic amines) is 1. The molecule has 1 atom stereocenters. The monoisotopic (exact) mass is 178 g/mol. The van der Waals surface area contributed by atoms with E-state index in [0.29, 0.717) is 5.92 Å². The first kappa shape index (κ1) is 10.2. The van der Waals surface area contributed by atoms with Crippen molar-refractivity contribution < 1.29 is 0 Å². The smallest absolute Gasteiger partial charge is 0.0441 e. The highest BCUT2D eigenvalue weighted by molar-refractivity contribution is 5.97. The van der Waals surface area contributed by atoms with E-state index in [4.69, 9.17) is 0 Å². The maximum Gasteiger partial charge on any atom is 0.0441 e. The zero-order chi connectivity index (χ0) is 9.68. The van der Waals surface area contributed by atoms with Gasteiger partial charge in [0.25, 0.3) is 0 Å². The maximum absolute atomic E-state index is 4.24. The van der Waals surface area contributed by atoms with Gasteiger partial charge >= 0.3 is 0 Å². The highest BCUT2D eigenvalue weighted by Gasteiger charge is 2.19. The molecule has 2 nitrogen and oxygen atoms in total. The Hall–Kier alpha value is -0.890. The van der Waals surface area contributed by atoms with Crippen LogP contribution in [0.4, 0.5) is 0 Å². The zero-order valence-electron chi connectivity index (χ0n) is 8.37. The summed E-state index contributed by atoms with van der Waals surface area (Å²) < 4.78 is 0. The maximum atomic E-state index is 4.24. The second-order valence-corrected chi connectivity index (χ2v) is 3.54. The van der Waals surface area contributed by atoms with Crippen LogP contribution >= 0.6 is 0 Å². The third-order valence-electron chi connectivity index (χ3n) is 2.49. The summed E-state index contributed by atoms with van der Waals surface area (Å²) >= 11 is 0. The zero-order valence-corrected chi connectivity index (χ0v) is 8.37. The largest absolute Gasteiger partial charge is 0.306 e. The van der Waals surface area contributed by atoms with E-state index >= 15 is 0 Å². The van der Waals surface area contributed by atoms with Gasteiger partial charge in [-0.15, -0.1) is 0 Å². The van der Waals surface area contributed by atoms with Crippen molar-refractivity contribution in [3.8, 4) is 0 Å². The van der Waals surface area contributed by atoms with Crippen molar-refractivity contribution in [2.45, 2.75) is 12.8 Å². The third kappa shape index (κ3) is 2.81. The van der Waals surface area contributed by atoms with Gasteiger partial charge in [-0.05, 0) is 32.5 Å². The van der Waals surface area contributed by atoms with Gasteiger partial charge < -0.3 is 4.90 Å². The molecule has 0 spiro atoms. The third-order valence-corrected chi connectivity index (χ3v) is 2.49. The molecule has 1 unspecified atom stereocenters. The summed E-state index contributed by atoms with van der Waals surface area (Å²) in [5.74, 6) is 0.550. The minimum absolute atomic E-state index is 0.550. The summed E-state index contributed by atoms with van der Waals surface area (Å²) in [5.41, 5.74) is 1.08. The summed E-state index contributed by atoms with van der Waals surface area (Å²) in [7, 11) is 2.15. The number of aliphatic imine (C=N–C) groups is 1. The molecule has 13 heavy (non-hydrogen) atoms. The molecule has 1 saturated heterocycles. The van der Waals surface area contributed by atoms with E-state index in [1.54, 1.807) is 6.20 Å². The minimum atomic E-state index is 0.550. The number of nitrogens with zero attached hydrogens (tertiary/aromatic N) is 2. The summed E-state index contributed by atoms with van der Waals surface area (Å²) in [5, 5.41) is 0. The Morgan fingerprint density at radius 3 is 2.85 bits per heavy atom. The Kier molecular flexibility index (Phi) is 3.90. The molecule has 0 aliphatic carbocycles. The fraction of sp³-hybridized carbons (Fsp3) is 0.545. The van der Waals surface area contributed by atoms with Crippen molar-refractivity contribution >= 4 is 5.71 Å². The average Bonchev–Trinajstić information content (AvgIpc) is 2.14. The standard InChI is InChI=1S/C11H18N2/c1-4-11(12-5-2)10-7-6-8-13(3)9-10/h4-5,10H,1-2,6-9H2,3H3. The molecule has 1 aliphatic heterocycles. The van der Waals surface area contributed by atoms with Crippen molar-refractivity contribution in [3.63, 3.8) is 0 Å². The predicted molar refractivity (Wildman–Crippen MR) is 58.1 cm³/mol. The summed E-state index contributed by atoms with van der Waals surface area (Å²) in [6, 6.07) is 0. The van der Waals surface area contributed by atoms with E-state index in [0.717, 1.165) is 12.3 Å². The van der Waals surface area contributed by atoms with Gasteiger partial charge in [-0.3, -0.25) is 4.99 Å². The van der Waals surface area contributed by atoms with Gasteiger partial charge in [0.2, 0.25) is 0 Å². The van der Waals surface area contributed by atoms with Crippen molar-refractivity contribution in [2.24, 2.45) is 10.9 Å². The molecule has 0 bridgehead atoms. The molecule has 0 saturated carbocycles. The van der Waals surface area contributed by atoms with Gasteiger partial charge in [0, 0.05) is 24.4 Å². The van der Waals surface area contributed by atoms with Crippen LogP contribution in [-0.2, 0) is 0 Å². The van der Waals surface area contributed by atoms with Crippen molar-refractivity contribution in [3.05, 3.63) is 25.4 Å². The van der Waals surface area contributed by atoms with Crippen molar-refractivity contribution in [1.82, 2.24) is 4.90 Å². The quantitative estimate of drug-likeness (QED) is 0.604. The number of hydrogen-bond donors (Lipinski definition) is 0. The normalized spacial score (nSPS) is 25.6. The van der Waals surface area contributed by atoms with Crippen molar-refractivity contribution in [1.29, 1.82) is 0 Å². The summed E-state index contributed by atoms with van der Waals surface area (Å²) in [4.78, 5) is 6.58. The lowest BCUT2D eigenvalue weighted by Crippen LogP contribution is -2.35. The molecule has 0 amide bonds. The Balaban J connectivity index is 2.62. The van der Waals surface area contributed by atoms with E-state index in [-0.39, 0.29) is 0 Å². The van der Waals surface area contributed by atoms with Crippen LogP contribution in [0.3, 0.4) is 0 Å². The summed E-state index contributed by atoms with van der Waals surface area (Å²) in [6.45, 7) is 9.70.